The van der Waals surface area contributed by atoms with Gasteiger partial charge in [0.15, 0.2) is 17.4 Å². The molecule has 0 radical (unpaired) electrons. The molecule has 0 aliphatic rings. The number of fused-ring (bicyclic) bond motifs is 1. The molecule has 0 bridgehead atoms. The molecule has 0 unspecified atom stereocenters. The van der Waals surface area contributed by atoms with E-state index in [1.165, 1.54) is 11.3 Å². The number of nitrogens with two attached hydrogens (primary N) is 1. The van der Waals surface area contributed by atoms with Gasteiger partial charge in [-0.2, -0.15) is 0 Å². The van der Waals surface area contributed by atoms with Crippen molar-refractivity contribution in [3.63, 3.8) is 0 Å². The van der Waals surface area contributed by atoms with E-state index in [9.17, 15) is 0 Å². The Labute approximate surface area is 124 Å². The van der Waals surface area contributed by atoms with Gasteiger partial charge in [0.25, 0.3) is 0 Å². The predicted molar refractivity (Wildman–Crippen MR) is 82.8 cm³/mol. The van der Waals surface area contributed by atoms with Crippen molar-refractivity contribution < 1.29 is 4.42 Å². The Bertz CT molecular complexity index is 900. The van der Waals surface area contributed by atoms with E-state index < -0.39 is 0 Å². The van der Waals surface area contributed by atoms with Gasteiger partial charge in [0, 0.05) is 5.56 Å². The second kappa shape index (κ2) is 4.68. The van der Waals surface area contributed by atoms with E-state index in [1.54, 1.807) is 18.4 Å². The first kappa shape index (κ1) is 12.0. The van der Waals surface area contributed by atoms with Crippen LogP contribution in [0.1, 0.15) is 0 Å². The van der Waals surface area contributed by atoms with Crippen LogP contribution >= 0.6 is 11.3 Å². The first-order valence-electron chi connectivity index (χ1n) is 6.34. The lowest BCUT2D eigenvalue weighted by molar-refractivity contribution is 0.578. The molecule has 0 saturated carbocycles. The molecule has 0 aliphatic heterocycles. The fourth-order valence-corrected chi connectivity index (χ4v) is 3.02. The van der Waals surface area contributed by atoms with Crippen molar-refractivity contribution in [3.8, 4) is 22.2 Å². The average Bonchev–Trinajstić information content (AvgIpc) is 3.17. The van der Waals surface area contributed by atoms with Crippen molar-refractivity contribution >= 4 is 27.5 Å². The molecule has 3 aromatic heterocycles. The molecule has 0 fully saturated rings. The Morgan fingerprint density at radius 3 is 2.57 bits per heavy atom. The summed E-state index contributed by atoms with van der Waals surface area (Å²) in [4.78, 5) is 14.1. The molecule has 21 heavy (non-hydrogen) atoms. The summed E-state index contributed by atoms with van der Waals surface area (Å²) in [6.07, 6.45) is 1.58. The second-order valence-electron chi connectivity index (χ2n) is 4.45. The van der Waals surface area contributed by atoms with Crippen molar-refractivity contribution in [2.45, 2.75) is 0 Å². The van der Waals surface area contributed by atoms with E-state index in [4.69, 9.17) is 10.2 Å². The van der Waals surface area contributed by atoms with Crippen LogP contribution in [0.2, 0.25) is 0 Å². The molecule has 4 rings (SSSR count). The number of nitrogen functional groups attached to an aromatic ring is 1. The summed E-state index contributed by atoms with van der Waals surface area (Å²) in [5.74, 6) is 1.44. The van der Waals surface area contributed by atoms with Gasteiger partial charge in [-0.25, -0.2) is 15.0 Å². The van der Waals surface area contributed by atoms with Crippen molar-refractivity contribution in [1.82, 2.24) is 15.0 Å². The second-order valence-corrected chi connectivity index (χ2v) is 5.43. The third-order valence-electron chi connectivity index (χ3n) is 3.05. The van der Waals surface area contributed by atoms with Crippen LogP contribution in [0.4, 0.5) is 5.82 Å². The molecule has 2 N–H and O–H groups in total. The van der Waals surface area contributed by atoms with Crippen LogP contribution < -0.4 is 5.73 Å². The normalized spacial score (nSPS) is 11.0. The number of anilines is 1. The van der Waals surface area contributed by atoms with E-state index in [-0.39, 0.29) is 0 Å². The Morgan fingerprint density at radius 1 is 0.952 bits per heavy atom. The number of hydrogen-bond acceptors (Lipinski definition) is 6. The van der Waals surface area contributed by atoms with Gasteiger partial charge in [-0.05, 0) is 12.1 Å². The van der Waals surface area contributed by atoms with Gasteiger partial charge in [0.1, 0.15) is 15.4 Å². The molecule has 0 aliphatic carbocycles. The summed E-state index contributed by atoms with van der Waals surface area (Å²) < 4.78 is 5.32. The lowest BCUT2D eigenvalue weighted by atomic mass is 10.2. The molecule has 0 amide bonds. The number of hydrogen-bond donors (Lipinski definition) is 1. The molecule has 0 saturated heterocycles. The van der Waals surface area contributed by atoms with Crippen LogP contribution in [-0.2, 0) is 0 Å². The van der Waals surface area contributed by atoms with Gasteiger partial charge in [-0.15, -0.1) is 0 Å². The monoisotopic (exact) mass is 294 g/mol. The number of thiazole rings is 1. The molecule has 4 aromatic rings. The predicted octanol–water partition coefficient (Wildman–Crippen LogP) is 3.60. The van der Waals surface area contributed by atoms with Crippen molar-refractivity contribution in [2.75, 3.05) is 5.73 Å². The maximum atomic E-state index is 6.01. The smallest absolute Gasteiger partial charge is 0.199 e. The van der Waals surface area contributed by atoms with E-state index in [0.29, 0.717) is 22.9 Å². The largest absolute Gasteiger partial charge is 0.461 e. The minimum absolute atomic E-state index is 0.366. The van der Waals surface area contributed by atoms with Gasteiger partial charge in [0.05, 0.1) is 6.26 Å². The Hall–Kier alpha value is -2.73. The molecule has 102 valence electrons. The first-order chi connectivity index (χ1) is 10.3. The topological polar surface area (TPSA) is 77.8 Å². The quantitative estimate of drug-likeness (QED) is 0.611. The zero-order valence-corrected chi connectivity index (χ0v) is 11.7. The summed E-state index contributed by atoms with van der Waals surface area (Å²) in [5.41, 5.74) is 7.68. The summed E-state index contributed by atoms with van der Waals surface area (Å²) in [6.45, 7) is 0. The Balaban J connectivity index is 1.90. The van der Waals surface area contributed by atoms with E-state index in [0.717, 1.165) is 15.4 Å². The maximum Gasteiger partial charge on any atom is 0.199 e. The molecule has 5 nitrogen and oxygen atoms in total. The minimum Gasteiger partial charge on any atom is -0.461 e. The standard InChI is InChI=1S/C15H10N4OS/c16-12-11-15(19-13(18-12)10-7-4-8-20-10)21-14(17-11)9-5-2-1-3-6-9/h1-8H,(H2,16,18,19). The van der Waals surface area contributed by atoms with Gasteiger partial charge in [0.2, 0.25) is 0 Å². The summed E-state index contributed by atoms with van der Waals surface area (Å²) in [5, 5.41) is 0.878. The van der Waals surface area contributed by atoms with Crippen molar-refractivity contribution in [3.05, 3.63) is 48.7 Å². The van der Waals surface area contributed by atoms with Crippen LogP contribution in [0, 0.1) is 0 Å². The van der Waals surface area contributed by atoms with E-state index in [1.807, 2.05) is 30.3 Å². The fourth-order valence-electron chi connectivity index (χ4n) is 2.06. The van der Waals surface area contributed by atoms with Crippen LogP contribution in [0.5, 0.6) is 0 Å². The molecular weight excluding hydrogens is 284 g/mol. The average molecular weight is 294 g/mol. The van der Waals surface area contributed by atoms with Crippen LogP contribution in [-0.4, -0.2) is 15.0 Å². The molecule has 6 heteroatoms. The lowest BCUT2D eigenvalue weighted by Crippen LogP contribution is -1.96. The Kier molecular flexibility index (Phi) is 2.68. The summed E-state index contributed by atoms with van der Waals surface area (Å²) in [6, 6.07) is 13.5. The highest BCUT2D eigenvalue weighted by atomic mass is 32.1. The first-order valence-corrected chi connectivity index (χ1v) is 7.16. The molecule has 1 aromatic carbocycles. The van der Waals surface area contributed by atoms with Crippen LogP contribution in [0.25, 0.3) is 32.5 Å². The zero-order chi connectivity index (χ0) is 14.2. The summed E-state index contributed by atoms with van der Waals surface area (Å²) >= 11 is 1.49. The summed E-state index contributed by atoms with van der Waals surface area (Å²) in [7, 11) is 0. The number of nitrogens with zero attached hydrogens (tertiary/aromatic N) is 3. The molecule has 3 heterocycles. The zero-order valence-electron chi connectivity index (χ0n) is 10.9. The minimum atomic E-state index is 0.366. The fraction of sp³-hybridized carbons (Fsp3) is 0. The maximum absolute atomic E-state index is 6.01. The number of furan rings is 1. The van der Waals surface area contributed by atoms with Crippen molar-refractivity contribution in [1.29, 1.82) is 0 Å². The van der Waals surface area contributed by atoms with Gasteiger partial charge < -0.3 is 10.2 Å². The molecule has 0 atom stereocenters. The molecular formula is C15H10N4OS. The highest BCUT2D eigenvalue weighted by molar-refractivity contribution is 7.21. The van der Waals surface area contributed by atoms with Crippen molar-refractivity contribution in [2.24, 2.45) is 0 Å². The van der Waals surface area contributed by atoms with E-state index in [2.05, 4.69) is 15.0 Å². The Morgan fingerprint density at radius 2 is 1.81 bits per heavy atom. The third-order valence-corrected chi connectivity index (χ3v) is 4.05. The van der Waals surface area contributed by atoms with Gasteiger partial charge in [-0.3, -0.25) is 0 Å². The lowest BCUT2D eigenvalue weighted by Gasteiger charge is -1.97. The van der Waals surface area contributed by atoms with Gasteiger partial charge in [-0.1, -0.05) is 41.7 Å². The van der Waals surface area contributed by atoms with Crippen LogP contribution in [0.15, 0.2) is 53.1 Å². The number of rotatable bonds is 2. The van der Waals surface area contributed by atoms with E-state index >= 15 is 0 Å². The highest BCUT2D eigenvalue weighted by Gasteiger charge is 2.14. The number of aromatic nitrogens is 3. The highest BCUT2D eigenvalue weighted by Crippen LogP contribution is 2.32. The SMILES string of the molecule is Nc1nc(-c2ccco2)nc2sc(-c3ccccc3)nc12. The third kappa shape index (κ3) is 2.05. The molecule has 0 spiro atoms. The van der Waals surface area contributed by atoms with Crippen LogP contribution in [0.3, 0.4) is 0 Å². The number of benzene rings is 1. The van der Waals surface area contributed by atoms with Gasteiger partial charge >= 0.3 is 0 Å².